The van der Waals surface area contributed by atoms with Gasteiger partial charge in [0.05, 0.1) is 6.10 Å². The molecule has 1 unspecified atom stereocenters. The first-order valence-electron chi connectivity index (χ1n) is 7.80. The third-order valence-corrected chi connectivity index (χ3v) is 4.84. The summed E-state index contributed by atoms with van der Waals surface area (Å²) in [7, 11) is 2.21. The number of rotatable bonds is 1. The summed E-state index contributed by atoms with van der Waals surface area (Å²) in [5.41, 5.74) is 4.09. The number of piperidine rings is 1. The summed E-state index contributed by atoms with van der Waals surface area (Å²) in [5.74, 6) is 0.514. The Bertz CT molecular complexity index is 624. The van der Waals surface area contributed by atoms with E-state index in [1.54, 1.807) is 0 Å². The fourth-order valence-electron chi connectivity index (χ4n) is 3.78. The fourth-order valence-corrected chi connectivity index (χ4v) is 3.78. The fraction of sp³-hybridized carbons (Fsp3) is 0.368. The molecular weight excluding hydrogens is 258 g/mol. The molecule has 0 spiro atoms. The largest absolute Gasteiger partial charge is 0.365 e. The van der Waals surface area contributed by atoms with E-state index >= 15 is 0 Å². The van der Waals surface area contributed by atoms with Crippen molar-refractivity contribution in [1.29, 1.82) is 0 Å². The van der Waals surface area contributed by atoms with Gasteiger partial charge in [0, 0.05) is 19.0 Å². The minimum atomic E-state index is 0.0899. The number of nitrogens with zero attached hydrogens (tertiary/aromatic N) is 1. The molecule has 0 aromatic heterocycles. The summed E-state index contributed by atoms with van der Waals surface area (Å²) in [5, 5.41) is 0. The van der Waals surface area contributed by atoms with Crippen LogP contribution in [0, 0.1) is 0 Å². The minimum absolute atomic E-state index is 0.0899. The minimum Gasteiger partial charge on any atom is -0.365 e. The number of benzene rings is 2. The Morgan fingerprint density at radius 1 is 0.952 bits per heavy atom. The van der Waals surface area contributed by atoms with Gasteiger partial charge in [-0.2, -0.15) is 0 Å². The molecule has 1 fully saturated rings. The van der Waals surface area contributed by atoms with E-state index < -0.39 is 0 Å². The first-order chi connectivity index (χ1) is 10.3. The second-order valence-electron chi connectivity index (χ2n) is 6.25. The molecule has 0 amide bonds. The van der Waals surface area contributed by atoms with Crippen molar-refractivity contribution in [3.05, 3.63) is 71.3 Å². The Morgan fingerprint density at radius 2 is 1.67 bits per heavy atom. The lowest BCUT2D eigenvalue weighted by Gasteiger charge is -2.44. The average molecular weight is 279 g/mol. The van der Waals surface area contributed by atoms with Crippen molar-refractivity contribution in [2.75, 3.05) is 20.1 Å². The molecule has 108 valence electrons. The van der Waals surface area contributed by atoms with Gasteiger partial charge in [-0.1, -0.05) is 54.6 Å². The predicted octanol–water partition coefficient (Wildman–Crippen LogP) is 3.59. The van der Waals surface area contributed by atoms with Crippen LogP contribution in [0.2, 0.25) is 0 Å². The Morgan fingerprint density at radius 3 is 2.48 bits per heavy atom. The van der Waals surface area contributed by atoms with Gasteiger partial charge in [0.15, 0.2) is 0 Å². The normalized spacial score (nSPS) is 28.7. The van der Waals surface area contributed by atoms with Crippen molar-refractivity contribution in [2.24, 2.45) is 0 Å². The van der Waals surface area contributed by atoms with Gasteiger partial charge in [-0.3, -0.25) is 0 Å². The van der Waals surface area contributed by atoms with Crippen LogP contribution < -0.4 is 0 Å². The smallest absolute Gasteiger partial charge is 0.108 e. The Balaban J connectivity index is 1.79. The van der Waals surface area contributed by atoms with Gasteiger partial charge in [-0.25, -0.2) is 0 Å². The zero-order valence-electron chi connectivity index (χ0n) is 12.4. The molecule has 1 saturated heterocycles. The molecule has 2 aliphatic rings. The lowest BCUT2D eigenvalue weighted by atomic mass is 9.80. The highest BCUT2D eigenvalue weighted by Gasteiger charge is 2.38. The Kier molecular flexibility index (Phi) is 3.28. The van der Waals surface area contributed by atoms with Crippen LogP contribution in [-0.2, 0) is 4.74 Å². The van der Waals surface area contributed by atoms with Gasteiger partial charge >= 0.3 is 0 Å². The molecule has 2 nitrogen and oxygen atoms in total. The molecule has 0 aliphatic carbocycles. The van der Waals surface area contributed by atoms with E-state index in [9.17, 15) is 0 Å². The molecule has 2 heterocycles. The highest BCUT2D eigenvalue weighted by atomic mass is 16.5. The summed E-state index contributed by atoms with van der Waals surface area (Å²) in [6, 6.07) is 19.4. The number of ether oxygens (including phenoxy) is 1. The molecule has 2 aromatic carbocycles. The summed E-state index contributed by atoms with van der Waals surface area (Å²) >= 11 is 0. The van der Waals surface area contributed by atoms with Crippen LogP contribution in [0.3, 0.4) is 0 Å². The highest BCUT2D eigenvalue weighted by molar-refractivity contribution is 5.41. The third-order valence-electron chi connectivity index (χ3n) is 4.84. The second-order valence-corrected chi connectivity index (χ2v) is 6.25. The van der Waals surface area contributed by atoms with Crippen LogP contribution in [0.4, 0.5) is 0 Å². The van der Waals surface area contributed by atoms with E-state index in [1.807, 2.05) is 0 Å². The third kappa shape index (κ3) is 2.29. The molecule has 0 N–H and O–H groups in total. The van der Waals surface area contributed by atoms with E-state index in [-0.39, 0.29) is 6.10 Å². The summed E-state index contributed by atoms with van der Waals surface area (Å²) in [6.07, 6.45) is 1.56. The van der Waals surface area contributed by atoms with Gasteiger partial charge in [-0.05, 0) is 30.2 Å². The number of fused-ring (bicyclic) bond motifs is 3. The van der Waals surface area contributed by atoms with Gasteiger partial charge < -0.3 is 9.64 Å². The van der Waals surface area contributed by atoms with Crippen molar-refractivity contribution < 1.29 is 4.74 Å². The van der Waals surface area contributed by atoms with Crippen molar-refractivity contribution in [1.82, 2.24) is 4.90 Å². The van der Waals surface area contributed by atoms with Crippen LogP contribution in [0.25, 0.3) is 0 Å². The predicted molar refractivity (Wildman–Crippen MR) is 84.5 cm³/mol. The molecule has 2 aliphatic heterocycles. The van der Waals surface area contributed by atoms with Crippen LogP contribution in [0.15, 0.2) is 54.6 Å². The molecule has 21 heavy (non-hydrogen) atoms. The van der Waals surface area contributed by atoms with E-state index in [4.69, 9.17) is 4.74 Å². The summed E-state index contributed by atoms with van der Waals surface area (Å²) in [6.45, 7) is 2.23. The Hall–Kier alpha value is -1.64. The van der Waals surface area contributed by atoms with E-state index in [1.165, 1.54) is 16.7 Å². The molecule has 0 bridgehead atoms. The van der Waals surface area contributed by atoms with Crippen LogP contribution >= 0.6 is 0 Å². The maximum Gasteiger partial charge on any atom is 0.108 e. The molecule has 0 radical (unpaired) electrons. The second kappa shape index (κ2) is 5.28. The van der Waals surface area contributed by atoms with Crippen molar-refractivity contribution in [3.63, 3.8) is 0 Å². The molecule has 4 rings (SSSR count). The zero-order chi connectivity index (χ0) is 14.2. The SMILES string of the molecule is CN1CC[C@H]2OC(c3ccccc3)c3ccccc3[C@H]2C1. The number of hydrogen-bond donors (Lipinski definition) is 0. The standard InChI is InChI=1S/C19H21NO/c1-20-12-11-18-17(13-20)15-9-5-6-10-16(15)19(21-18)14-7-3-2-4-8-14/h2-10,17-19H,11-13H2,1H3/t17-,18-,19?/m1/s1. The highest BCUT2D eigenvalue weighted by Crippen LogP contribution is 2.43. The quantitative estimate of drug-likeness (QED) is 0.791. The van der Waals surface area contributed by atoms with Gasteiger partial charge in [0.2, 0.25) is 0 Å². The van der Waals surface area contributed by atoms with E-state index in [0.29, 0.717) is 12.0 Å². The van der Waals surface area contributed by atoms with Gasteiger partial charge in [-0.15, -0.1) is 0 Å². The number of likely N-dealkylation sites (tertiary alicyclic amines) is 1. The molecule has 3 atom stereocenters. The van der Waals surface area contributed by atoms with Gasteiger partial charge in [0.25, 0.3) is 0 Å². The summed E-state index contributed by atoms with van der Waals surface area (Å²) < 4.78 is 6.52. The van der Waals surface area contributed by atoms with Crippen LogP contribution in [-0.4, -0.2) is 31.1 Å². The van der Waals surface area contributed by atoms with Crippen molar-refractivity contribution in [3.8, 4) is 0 Å². The average Bonchev–Trinajstić information content (AvgIpc) is 2.55. The maximum atomic E-state index is 6.52. The lowest BCUT2D eigenvalue weighted by molar-refractivity contribution is -0.0508. The number of likely N-dealkylation sites (N-methyl/N-ethyl adjacent to an activating group) is 1. The lowest BCUT2D eigenvalue weighted by Crippen LogP contribution is -2.44. The van der Waals surface area contributed by atoms with E-state index in [2.05, 4.69) is 66.5 Å². The first-order valence-corrected chi connectivity index (χ1v) is 7.80. The zero-order valence-corrected chi connectivity index (χ0v) is 12.4. The first kappa shape index (κ1) is 13.1. The number of hydrogen-bond acceptors (Lipinski definition) is 2. The van der Waals surface area contributed by atoms with Crippen LogP contribution in [0.5, 0.6) is 0 Å². The molecule has 2 aromatic rings. The van der Waals surface area contributed by atoms with Gasteiger partial charge in [0.1, 0.15) is 6.10 Å². The topological polar surface area (TPSA) is 12.5 Å². The monoisotopic (exact) mass is 279 g/mol. The van der Waals surface area contributed by atoms with Crippen molar-refractivity contribution in [2.45, 2.75) is 24.5 Å². The maximum absolute atomic E-state index is 6.52. The molecule has 0 saturated carbocycles. The van der Waals surface area contributed by atoms with Crippen LogP contribution in [0.1, 0.15) is 35.1 Å². The summed E-state index contributed by atoms with van der Waals surface area (Å²) in [4.78, 5) is 2.42. The Labute approximate surface area is 126 Å². The van der Waals surface area contributed by atoms with Crippen molar-refractivity contribution >= 4 is 0 Å². The van der Waals surface area contributed by atoms with E-state index in [0.717, 1.165) is 19.5 Å². The molecular formula is C19H21NO. The molecule has 2 heteroatoms.